The first-order valence-corrected chi connectivity index (χ1v) is 4.53. The van der Waals surface area contributed by atoms with E-state index in [1.807, 2.05) is 19.1 Å². The van der Waals surface area contributed by atoms with Crippen LogP contribution in [0.3, 0.4) is 0 Å². The van der Waals surface area contributed by atoms with E-state index in [2.05, 4.69) is 11.8 Å². The lowest BCUT2D eigenvalue weighted by atomic mass is 10.3. The number of methoxy groups -OCH3 is 2. The van der Waals surface area contributed by atoms with Crippen LogP contribution in [-0.4, -0.2) is 40.1 Å². The quantitative estimate of drug-likeness (QED) is 0.475. The molecule has 14 heavy (non-hydrogen) atoms. The van der Waals surface area contributed by atoms with Gasteiger partial charge in [0.05, 0.1) is 12.7 Å². The van der Waals surface area contributed by atoms with Crippen molar-refractivity contribution in [2.75, 3.05) is 34.0 Å². The van der Waals surface area contributed by atoms with E-state index in [1.165, 1.54) is 0 Å². The molecule has 0 saturated heterocycles. The summed E-state index contributed by atoms with van der Waals surface area (Å²) >= 11 is 0. The predicted molar refractivity (Wildman–Crippen MR) is 56.1 cm³/mol. The van der Waals surface area contributed by atoms with Crippen molar-refractivity contribution in [1.29, 1.82) is 0 Å². The van der Waals surface area contributed by atoms with Crippen LogP contribution in [0, 0.1) is 11.8 Å². The van der Waals surface area contributed by atoms with E-state index in [0.717, 1.165) is 0 Å². The van der Waals surface area contributed by atoms with Crippen LogP contribution >= 0.6 is 0 Å². The molecular weight excluding hydrogens is 180 g/mol. The van der Waals surface area contributed by atoms with Crippen LogP contribution in [0.4, 0.5) is 0 Å². The minimum Gasteiger partial charge on any atom is -0.381 e. The summed E-state index contributed by atoms with van der Waals surface area (Å²) in [5, 5.41) is 0. The van der Waals surface area contributed by atoms with Gasteiger partial charge in [-0.25, -0.2) is 0 Å². The van der Waals surface area contributed by atoms with E-state index >= 15 is 0 Å². The van der Waals surface area contributed by atoms with E-state index in [0.29, 0.717) is 19.8 Å². The van der Waals surface area contributed by atoms with Gasteiger partial charge in [0.2, 0.25) is 0 Å². The smallest absolute Gasteiger partial charge is 0.108 e. The maximum atomic E-state index is 5.36. The zero-order valence-electron chi connectivity index (χ0n) is 9.08. The van der Waals surface area contributed by atoms with E-state index in [4.69, 9.17) is 14.2 Å². The van der Waals surface area contributed by atoms with Crippen molar-refractivity contribution >= 4 is 0 Å². The molecule has 3 nitrogen and oxygen atoms in total. The summed E-state index contributed by atoms with van der Waals surface area (Å²) in [4.78, 5) is 0. The van der Waals surface area contributed by atoms with Crippen LogP contribution in [0.15, 0.2) is 12.2 Å². The van der Waals surface area contributed by atoms with Crippen LogP contribution in [0.2, 0.25) is 0 Å². The summed E-state index contributed by atoms with van der Waals surface area (Å²) < 4.78 is 15.0. The molecule has 0 rings (SSSR count). The highest BCUT2D eigenvalue weighted by atomic mass is 16.5. The number of hydrogen-bond donors (Lipinski definition) is 0. The molecule has 80 valence electrons. The Balaban J connectivity index is 3.45. The minimum absolute atomic E-state index is 0.0713. The maximum absolute atomic E-state index is 5.36. The zero-order chi connectivity index (χ0) is 10.6. The first-order valence-electron chi connectivity index (χ1n) is 4.53. The van der Waals surface area contributed by atoms with E-state index in [1.54, 1.807) is 14.2 Å². The largest absolute Gasteiger partial charge is 0.381 e. The molecule has 0 heterocycles. The number of ether oxygens (including phenoxy) is 3. The highest BCUT2D eigenvalue weighted by molar-refractivity contribution is 4.99. The van der Waals surface area contributed by atoms with Crippen molar-refractivity contribution in [1.82, 2.24) is 0 Å². The summed E-state index contributed by atoms with van der Waals surface area (Å²) in [5.74, 6) is 5.66. The molecule has 0 fully saturated rings. The molecule has 0 spiro atoms. The van der Waals surface area contributed by atoms with Crippen LogP contribution in [0.1, 0.15) is 6.92 Å². The minimum atomic E-state index is 0.0713. The van der Waals surface area contributed by atoms with E-state index in [9.17, 15) is 0 Å². The van der Waals surface area contributed by atoms with Crippen LogP contribution < -0.4 is 0 Å². The van der Waals surface area contributed by atoms with Gasteiger partial charge in [-0.3, -0.25) is 0 Å². The van der Waals surface area contributed by atoms with E-state index in [-0.39, 0.29) is 6.10 Å². The highest BCUT2D eigenvalue weighted by Gasteiger charge is 1.92. The summed E-state index contributed by atoms with van der Waals surface area (Å²) in [7, 11) is 3.28. The lowest BCUT2D eigenvalue weighted by Crippen LogP contribution is -2.05. The molecule has 0 bridgehead atoms. The number of rotatable bonds is 6. The summed E-state index contributed by atoms with van der Waals surface area (Å²) in [6, 6.07) is 0. The van der Waals surface area contributed by atoms with Gasteiger partial charge in [0.1, 0.15) is 13.2 Å². The van der Waals surface area contributed by atoms with Gasteiger partial charge in [-0.15, -0.1) is 0 Å². The molecule has 1 atom stereocenters. The number of hydrogen-bond acceptors (Lipinski definition) is 3. The standard InChI is InChI=1S/C11H18O3/c1-11(7-6-9-13-3)14-10-5-4-8-12-2/h6-7,11H,8-10H2,1-3H3/b7-6+/t11-/m1/s1. The summed E-state index contributed by atoms with van der Waals surface area (Å²) in [5.41, 5.74) is 0. The Bertz CT molecular complexity index is 200. The van der Waals surface area contributed by atoms with Gasteiger partial charge < -0.3 is 14.2 Å². The Morgan fingerprint density at radius 3 is 2.50 bits per heavy atom. The molecule has 0 amide bonds. The van der Waals surface area contributed by atoms with Gasteiger partial charge in [0, 0.05) is 14.2 Å². The van der Waals surface area contributed by atoms with Crippen molar-refractivity contribution in [3.63, 3.8) is 0 Å². The topological polar surface area (TPSA) is 27.7 Å². The van der Waals surface area contributed by atoms with Crippen molar-refractivity contribution in [2.24, 2.45) is 0 Å². The third-order valence-electron chi connectivity index (χ3n) is 1.43. The molecule has 0 aromatic heterocycles. The fourth-order valence-electron chi connectivity index (χ4n) is 0.746. The zero-order valence-corrected chi connectivity index (χ0v) is 9.08. The van der Waals surface area contributed by atoms with Gasteiger partial charge in [-0.2, -0.15) is 0 Å². The van der Waals surface area contributed by atoms with Crippen LogP contribution in [0.25, 0.3) is 0 Å². The molecule has 0 saturated carbocycles. The first kappa shape index (κ1) is 13.2. The van der Waals surface area contributed by atoms with Crippen molar-refractivity contribution in [3.05, 3.63) is 12.2 Å². The first-order chi connectivity index (χ1) is 6.81. The average molecular weight is 198 g/mol. The van der Waals surface area contributed by atoms with Gasteiger partial charge in [0.15, 0.2) is 0 Å². The normalized spacial score (nSPS) is 12.5. The molecule has 0 aliphatic carbocycles. The molecule has 0 aromatic rings. The molecule has 0 aromatic carbocycles. The molecule has 0 radical (unpaired) electrons. The lowest BCUT2D eigenvalue weighted by molar-refractivity contribution is 0.126. The molecule has 3 heteroatoms. The Hall–Kier alpha value is -0.820. The summed E-state index contributed by atoms with van der Waals surface area (Å²) in [6.45, 7) is 3.46. The third kappa shape index (κ3) is 9.27. The Morgan fingerprint density at radius 2 is 1.86 bits per heavy atom. The second-order valence-corrected chi connectivity index (χ2v) is 2.69. The predicted octanol–water partition coefficient (Wildman–Crippen LogP) is 1.24. The molecular formula is C11H18O3. The Kier molecular flexibility index (Phi) is 9.66. The van der Waals surface area contributed by atoms with Gasteiger partial charge >= 0.3 is 0 Å². The van der Waals surface area contributed by atoms with Crippen molar-refractivity contribution in [2.45, 2.75) is 13.0 Å². The van der Waals surface area contributed by atoms with Gasteiger partial charge in [0.25, 0.3) is 0 Å². The molecule has 0 aliphatic heterocycles. The Labute approximate surface area is 86.0 Å². The highest BCUT2D eigenvalue weighted by Crippen LogP contribution is 1.91. The Morgan fingerprint density at radius 1 is 1.14 bits per heavy atom. The molecule has 0 unspecified atom stereocenters. The van der Waals surface area contributed by atoms with Crippen molar-refractivity contribution < 1.29 is 14.2 Å². The average Bonchev–Trinajstić information content (AvgIpc) is 2.18. The van der Waals surface area contributed by atoms with Crippen LogP contribution in [0.5, 0.6) is 0 Å². The third-order valence-corrected chi connectivity index (χ3v) is 1.43. The fourth-order valence-corrected chi connectivity index (χ4v) is 0.746. The molecule has 0 aliphatic rings. The summed E-state index contributed by atoms with van der Waals surface area (Å²) in [6.07, 6.45) is 3.94. The fraction of sp³-hybridized carbons (Fsp3) is 0.636. The second kappa shape index (κ2) is 10.3. The van der Waals surface area contributed by atoms with Gasteiger partial charge in [-0.1, -0.05) is 24.0 Å². The maximum Gasteiger partial charge on any atom is 0.108 e. The monoisotopic (exact) mass is 198 g/mol. The van der Waals surface area contributed by atoms with Crippen molar-refractivity contribution in [3.8, 4) is 11.8 Å². The SMILES string of the molecule is COCC#CCO[C@H](C)/C=C/COC. The second-order valence-electron chi connectivity index (χ2n) is 2.69. The van der Waals surface area contributed by atoms with E-state index < -0.39 is 0 Å². The lowest BCUT2D eigenvalue weighted by Gasteiger charge is -2.04. The van der Waals surface area contributed by atoms with Gasteiger partial charge in [-0.05, 0) is 6.92 Å². The molecule has 0 N–H and O–H groups in total. The van der Waals surface area contributed by atoms with Crippen LogP contribution in [-0.2, 0) is 14.2 Å².